The zero-order valence-corrected chi connectivity index (χ0v) is 12.2. The molecule has 0 spiro atoms. The number of nitrogens with one attached hydrogen (secondary N) is 1. The third-order valence-electron chi connectivity index (χ3n) is 3.70. The fourth-order valence-corrected chi connectivity index (χ4v) is 2.54. The van der Waals surface area contributed by atoms with Gasteiger partial charge in [0.15, 0.2) is 18.2 Å². The standard InChI is InChI=1S/C15H19F2NO4/c1-21-13-4-2-3-11(15(13)20)18-14(19)8-22-12-6-5-9(16)7-10(12)17/h5-7,11,13,15,20H,2-4,8H2,1H3,(H,18,19)/t11-,13-,15-/m1/s1. The number of rotatable bonds is 5. The summed E-state index contributed by atoms with van der Waals surface area (Å²) < 4.78 is 36.3. The Morgan fingerprint density at radius 2 is 2.18 bits per heavy atom. The van der Waals surface area contributed by atoms with Crippen molar-refractivity contribution in [3.63, 3.8) is 0 Å². The summed E-state index contributed by atoms with van der Waals surface area (Å²) in [6, 6.07) is 2.42. The lowest BCUT2D eigenvalue weighted by atomic mass is 9.90. The van der Waals surface area contributed by atoms with Crippen LogP contribution in [0.15, 0.2) is 18.2 Å². The fourth-order valence-electron chi connectivity index (χ4n) is 2.54. The molecular formula is C15H19F2NO4. The minimum absolute atomic E-state index is 0.199. The Bertz CT molecular complexity index is 526. The van der Waals surface area contributed by atoms with E-state index in [-0.39, 0.29) is 11.9 Å². The maximum absolute atomic E-state index is 13.4. The van der Waals surface area contributed by atoms with Gasteiger partial charge in [-0.15, -0.1) is 0 Å². The highest BCUT2D eigenvalue weighted by Crippen LogP contribution is 2.21. The van der Waals surface area contributed by atoms with E-state index >= 15 is 0 Å². The summed E-state index contributed by atoms with van der Waals surface area (Å²) in [5.41, 5.74) is 0. The van der Waals surface area contributed by atoms with E-state index in [0.717, 1.165) is 25.0 Å². The minimum atomic E-state index is -0.870. The number of ether oxygens (including phenoxy) is 2. The molecule has 0 saturated heterocycles. The van der Waals surface area contributed by atoms with Gasteiger partial charge in [0.2, 0.25) is 0 Å². The molecule has 1 aromatic rings. The van der Waals surface area contributed by atoms with E-state index < -0.39 is 36.3 Å². The van der Waals surface area contributed by atoms with E-state index in [1.165, 1.54) is 7.11 Å². The highest BCUT2D eigenvalue weighted by atomic mass is 19.1. The van der Waals surface area contributed by atoms with Crippen molar-refractivity contribution in [2.45, 2.75) is 37.5 Å². The molecule has 22 heavy (non-hydrogen) atoms. The summed E-state index contributed by atoms with van der Waals surface area (Å²) in [5, 5.41) is 12.7. The topological polar surface area (TPSA) is 67.8 Å². The molecule has 5 nitrogen and oxygen atoms in total. The molecule has 122 valence electrons. The van der Waals surface area contributed by atoms with Gasteiger partial charge in [0, 0.05) is 13.2 Å². The van der Waals surface area contributed by atoms with E-state index in [2.05, 4.69) is 5.32 Å². The van der Waals surface area contributed by atoms with Crippen LogP contribution in [0.4, 0.5) is 8.78 Å². The molecule has 1 aliphatic rings. The van der Waals surface area contributed by atoms with Crippen molar-refractivity contribution in [2.24, 2.45) is 0 Å². The predicted octanol–water partition coefficient (Wildman–Crippen LogP) is 1.39. The second-order valence-corrected chi connectivity index (χ2v) is 5.23. The number of aliphatic hydroxyl groups is 1. The molecule has 2 rings (SSSR count). The van der Waals surface area contributed by atoms with Crippen molar-refractivity contribution in [3.05, 3.63) is 29.8 Å². The summed E-state index contributed by atoms with van der Waals surface area (Å²) in [4.78, 5) is 11.8. The Kier molecular flexibility index (Phi) is 5.68. The zero-order valence-electron chi connectivity index (χ0n) is 12.2. The monoisotopic (exact) mass is 315 g/mol. The first-order valence-corrected chi connectivity index (χ1v) is 7.09. The molecule has 0 heterocycles. The van der Waals surface area contributed by atoms with Crippen LogP contribution < -0.4 is 10.1 Å². The van der Waals surface area contributed by atoms with Gasteiger partial charge in [0.25, 0.3) is 5.91 Å². The third-order valence-corrected chi connectivity index (χ3v) is 3.70. The Labute approximate surface area is 127 Å². The first-order chi connectivity index (χ1) is 10.5. The molecule has 0 radical (unpaired) electrons. The number of hydrogen-bond acceptors (Lipinski definition) is 4. The van der Waals surface area contributed by atoms with Crippen LogP contribution in [0.3, 0.4) is 0 Å². The highest BCUT2D eigenvalue weighted by Gasteiger charge is 2.32. The predicted molar refractivity (Wildman–Crippen MR) is 74.4 cm³/mol. The van der Waals surface area contributed by atoms with E-state index in [4.69, 9.17) is 9.47 Å². The molecule has 0 unspecified atom stereocenters. The van der Waals surface area contributed by atoms with Crippen LogP contribution in [-0.4, -0.2) is 43.0 Å². The number of methoxy groups -OCH3 is 1. The lowest BCUT2D eigenvalue weighted by Gasteiger charge is -2.34. The van der Waals surface area contributed by atoms with E-state index in [9.17, 15) is 18.7 Å². The molecule has 1 amide bonds. The van der Waals surface area contributed by atoms with Crippen LogP contribution in [0.2, 0.25) is 0 Å². The van der Waals surface area contributed by atoms with Crippen molar-refractivity contribution < 1.29 is 28.2 Å². The third kappa shape index (κ3) is 4.14. The second kappa shape index (κ2) is 7.51. The summed E-state index contributed by atoms with van der Waals surface area (Å²) in [6.07, 6.45) is 1.10. The molecule has 1 fully saturated rings. The molecule has 3 atom stereocenters. The summed E-state index contributed by atoms with van der Waals surface area (Å²) in [7, 11) is 1.51. The molecule has 0 aliphatic heterocycles. The molecule has 1 aromatic carbocycles. The molecule has 0 bridgehead atoms. The molecule has 0 aromatic heterocycles. The maximum Gasteiger partial charge on any atom is 0.258 e. The SMILES string of the molecule is CO[C@@H]1CCC[C@@H](NC(=O)COc2ccc(F)cc2F)[C@H]1O. The van der Waals surface area contributed by atoms with E-state index in [0.29, 0.717) is 12.5 Å². The Morgan fingerprint density at radius 3 is 2.86 bits per heavy atom. The quantitative estimate of drug-likeness (QED) is 0.861. The number of hydrogen-bond donors (Lipinski definition) is 2. The van der Waals surface area contributed by atoms with Gasteiger partial charge in [-0.1, -0.05) is 0 Å². The number of halogens is 2. The molecule has 1 aliphatic carbocycles. The van der Waals surface area contributed by atoms with Crippen molar-refractivity contribution in [1.29, 1.82) is 0 Å². The fraction of sp³-hybridized carbons (Fsp3) is 0.533. The van der Waals surface area contributed by atoms with Crippen molar-refractivity contribution in [3.8, 4) is 5.75 Å². The number of aliphatic hydroxyl groups excluding tert-OH is 1. The van der Waals surface area contributed by atoms with Crippen LogP contribution >= 0.6 is 0 Å². The normalized spacial score (nSPS) is 24.8. The van der Waals surface area contributed by atoms with Gasteiger partial charge < -0.3 is 19.9 Å². The van der Waals surface area contributed by atoms with Gasteiger partial charge in [-0.25, -0.2) is 8.78 Å². The molecule has 2 N–H and O–H groups in total. The second-order valence-electron chi connectivity index (χ2n) is 5.23. The Hall–Kier alpha value is -1.73. The lowest BCUT2D eigenvalue weighted by Crippen LogP contribution is -2.52. The van der Waals surface area contributed by atoms with Gasteiger partial charge in [-0.2, -0.15) is 0 Å². The van der Waals surface area contributed by atoms with Gasteiger partial charge in [-0.3, -0.25) is 4.79 Å². The average molecular weight is 315 g/mol. The number of benzene rings is 1. The van der Waals surface area contributed by atoms with Gasteiger partial charge >= 0.3 is 0 Å². The zero-order chi connectivity index (χ0) is 16.1. The van der Waals surface area contributed by atoms with Crippen LogP contribution in [-0.2, 0) is 9.53 Å². The van der Waals surface area contributed by atoms with Crippen molar-refractivity contribution in [2.75, 3.05) is 13.7 Å². The summed E-state index contributed by atoms with van der Waals surface area (Å²) >= 11 is 0. The van der Waals surface area contributed by atoms with Crippen LogP contribution in [0.5, 0.6) is 5.75 Å². The average Bonchev–Trinajstić information content (AvgIpc) is 2.48. The van der Waals surface area contributed by atoms with Crippen molar-refractivity contribution >= 4 is 5.91 Å². The van der Waals surface area contributed by atoms with Gasteiger partial charge in [-0.05, 0) is 31.4 Å². The van der Waals surface area contributed by atoms with E-state index in [1.807, 2.05) is 0 Å². The van der Waals surface area contributed by atoms with Crippen LogP contribution in [0.1, 0.15) is 19.3 Å². The highest BCUT2D eigenvalue weighted by molar-refractivity contribution is 5.77. The van der Waals surface area contributed by atoms with E-state index in [1.54, 1.807) is 0 Å². The smallest absolute Gasteiger partial charge is 0.258 e. The Balaban J connectivity index is 1.85. The van der Waals surface area contributed by atoms with Gasteiger partial charge in [0.1, 0.15) is 11.9 Å². The molecule has 1 saturated carbocycles. The first kappa shape index (κ1) is 16.6. The number of carbonyl (C=O) groups excluding carboxylic acids is 1. The maximum atomic E-state index is 13.4. The van der Waals surface area contributed by atoms with Gasteiger partial charge in [0.05, 0.1) is 12.1 Å². The van der Waals surface area contributed by atoms with Crippen molar-refractivity contribution in [1.82, 2.24) is 5.32 Å². The van der Waals surface area contributed by atoms with Crippen LogP contribution in [0.25, 0.3) is 0 Å². The number of amides is 1. The Morgan fingerprint density at radius 1 is 1.41 bits per heavy atom. The summed E-state index contributed by atoms with van der Waals surface area (Å²) in [6.45, 7) is -0.413. The largest absolute Gasteiger partial charge is 0.481 e. The van der Waals surface area contributed by atoms with Crippen LogP contribution in [0, 0.1) is 11.6 Å². The molecular weight excluding hydrogens is 296 g/mol. The molecule has 7 heteroatoms. The lowest BCUT2D eigenvalue weighted by molar-refractivity contribution is -0.126. The minimum Gasteiger partial charge on any atom is -0.481 e. The summed E-state index contributed by atoms with van der Waals surface area (Å²) in [5.74, 6) is -2.27. The number of carbonyl (C=O) groups is 1. The first-order valence-electron chi connectivity index (χ1n) is 7.09.